The van der Waals surface area contributed by atoms with Crippen LogP contribution in [0, 0.1) is 0 Å². The summed E-state index contributed by atoms with van der Waals surface area (Å²) in [7, 11) is -5.47. The summed E-state index contributed by atoms with van der Waals surface area (Å²) in [6.07, 6.45) is 11.3. The van der Waals surface area contributed by atoms with E-state index in [0.29, 0.717) is 89.0 Å². The summed E-state index contributed by atoms with van der Waals surface area (Å²) in [5.74, 6) is 0.611. The van der Waals surface area contributed by atoms with Gasteiger partial charge in [0.05, 0.1) is 84.3 Å². The molecule has 0 saturated carbocycles. The van der Waals surface area contributed by atoms with E-state index >= 15 is 0 Å². The third-order valence-corrected chi connectivity index (χ3v) is 19.6. The van der Waals surface area contributed by atoms with Gasteiger partial charge in [-0.15, -0.1) is 0 Å². The highest BCUT2D eigenvalue weighted by atomic mass is 35.5. The van der Waals surface area contributed by atoms with Crippen LogP contribution in [-0.4, -0.2) is 135 Å². The fraction of sp³-hybridized carbons (Fsp3) is 0.107. The van der Waals surface area contributed by atoms with Crippen molar-refractivity contribution in [2.75, 3.05) is 89.8 Å². The highest BCUT2D eigenvalue weighted by Crippen LogP contribution is 2.35. The van der Waals surface area contributed by atoms with Crippen molar-refractivity contribution in [1.29, 1.82) is 0 Å². The average molecular weight is 1650 g/mol. The van der Waals surface area contributed by atoms with E-state index in [1.807, 2.05) is 97.1 Å². The molecule has 0 bridgehead atoms. The van der Waals surface area contributed by atoms with E-state index in [1.165, 1.54) is 12.4 Å². The quantitative estimate of drug-likeness (QED) is 0.0313. The molecule has 1 saturated heterocycles. The van der Waals surface area contributed by atoms with Gasteiger partial charge in [-0.3, -0.25) is 44.0 Å². The number of sulfone groups is 1. The summed E-state index contributed by atoms with van der Waals surface area (Å²) in [4.78, 5) is 81.4. The van der Waals surface area contributed by atoms with Gasteiger partial charge in [-0.25, -0.2) is 23.4 Å². The molecule has 0 spiro atoms. The third-order valence-electron chi connectivity index (χ3n) is 16.8. The monoisotopic (exact) mass is 1650 g/mol. The SMILES string of the molecule is O=C(Nc1ccc(Cl)c(-c2ccccn2)c1)c1ccc(NCCN2CCOCC2)nc1.O=C(Nc1ccc(Cl)c(-c2ccccn2)c1)c1ccc(NCCO)nc1.O=C(Nc1ccc(Cl)c(-c2ccccn2)c1)c1ccc(Nc2ccccc2)nc1.O=C(Nc1ccc(Cl)c(-c2ccccn2)c1)c1ccc(S(=O)(=O)C(F)(F)F)cc1. The molecule has 1 fully saturated rings. The van der Waals surface area contributed by atoms with E-state index in [9.17, 15) is 40.8 Å². The summed E-state index contributed by atoms with van der Waals surface area (Å²) in [6, 6.07) is 66.3. The van der Waals surface area contributed by atoms with Gasteiger partial charge in [0.25, 0.3) is 33.5 Å². The van der Waals surface area contributed by atoms with Gasteiger partial charge in [0, 0.05) is 132 Å². The number of hydrogen-bond donors (Lipinski definition) is 8. The van der Waals surface area contributed by atoms with Gasteiger partial charge < -0.3 is 47.1 Å². The molecule has 6 aromatic carbocycles. The second-order valence-corrected chi connectivity index (χ2v) is 28.3. The number of rotatable bonds is 22. The van der Waals surface area contributed by atoms with Crippen molar-refractivity contribution in [3.05, 3.63) is 322 Å². The number of carbonyl (C=O) groups is 4. The Morgan fingerprint density at radius 3 is 1.07 bits per heavy atom. The largest absolute Gasteiger partial charge is 0.501 e. The Bertz CT molecular complexity index is 5540. The maximum Gasteiger partial charge on any atom is 0.501 e. The highest BCUT2D eigenvalue weighted by Gasteiger charge is 2.47. The number of hydrogen-bond acceptors (Lipinski definition) is 19. The van der Waals surface area contributed by atoms with Gasteiger partial charge in [-0.1, -0.05) is 88.9 Å². The molecule has 1 aliphatic heterocycles. The van der Waals surface area contributed by atoms with E-state index in [-0.39, 0.29) is 29.9 Å². The Labute approximate surface area is 679 Å². The van der Waals surface area contributed by atoms with E-state index in [0.717, 1.165) is 109 Å². The number of nitrogens with one attached hydrogen (secondary N) is 7. The van der Waals surface area contributed by atoms with Gasteiger partial charge >= 0.3 is 5.51 Å². The number of nitrogens with zero attached hydrogens (tertiary/aromatic N) is 8. The number of pyridine rings is 7. The number of halogens is 7. The molecule has 8 N–H and O–H groups in total. The molecule has 14 rings (SSSR count). The van der Waals surface area contributed by atoms with Crippen molar-refractivity contribution < 1.29 is 50.6 Å². The number of para-hydroxylation sites is 1. The normalized spacial score (nSPS) is 11.8. The molecule has 115 heavy (non-hydrogen) atoms. The van der Waals surface area contributed by atoms with E-state index in [2.05, 4.69) is 77.0 Å². The molecule has 23 nitrogen and oxygen atoms in total. The fourth-order valence-electron chi connectivity index (χ4n) is 10.9. The number of aromatic nitrogens is 7. The van der Waals surface area contributed by atoms with Gasteiger partial charge in [0.15, 0.2) is 0 Å². The van der Waals surface area contributed by atoms with Gasteiger partial charge in [0.1, 0.15) is 17.5 Å². The van der Waals surface area contributed by atoms with Gasteiger partial charge in [-0.2, -0.15) is 13.2 Å². The summed E-state index contributed by atoms with van der Waals surface area (Å²) >= 11 is 25.0. The molecular weight excluding hydrogens is 1580 g/mol. The number of aliphatic hydroxyl groups excluding tert-OH is 1. The van der Waals surface area contributed by atoms with Crippen LogP contribution in [0.15, 0.2) is 285 Å². The molecule has 4 amide bonds. The van der Waals surface area contributed by atoms with Crippen molar-refractivity contribution >= 4 is 126 Å². The number of alkyl halides is 3. The minimum atomic E-state index is -5.47. The lowest BCUT2D eigenvalue weighted by Gasteiger charge is -2.26. The number of morpholine rings is 1. The first-order valence-electron chi connectivity index (χ1n) is 35.2. The maximum atomic E-state index is 12.6. The van der Waals surface area contributed by atoms with Crippen molar-refractivity contribution in [1.82, 2.24) is 39.8 Å². The zero-order valence-corrected chi connectivity index (χ0v) is 64.5. The molecule has 1 aliphatic rings. The summed E-state index contributed by atoms with van der Waals surface area (Å²) < 4.78 is 65.9. The molecule has 8 heterocycles. The second-order valence-electron chi connectivity index (χ2n) is 24.7. The number of aliphatic hydroxyl groups is 1. The Hall–Kier alpha value is -12.6. The number of carbonyl (C=O) groups excluding carboxylic acids is 4. The number of amides is 4. The van der Waals surface area contributed by atoms with Crippen molar-refractivity contribution in [3.8, 4) is 45.0 Å². The molecule has 584 valence electrons. The zero-order chi connectivity index (χ0) is 81.1. The first-order chi connectivity index (χ1) is 55.6. The predicted molar refractivity (Wildman–Crippen MR) is 444 cm³/mol. The fourth-order valence-corrected chi connectivity index (χ4v) is 12.5. The Morgan fingerprint density at radius 2 is 0.739 bits per heavy atom. The first-order valence-corrected chi connectivity index (χ1v) is 38.2. The summed E-state index contributed by atoms with van der Waals surface area (Å²) in [5, 5.41) is 31.5. The molecule has 0 atom stereocenters. The number of ether oxygens (including phenoxy) is 1. The predicted octanol–water partition coefficient (Wildman–Crippen LogP) is 18.0. The topological polar surface area (TPSA) is 310 Å². The maximum absolute atomic E-state index is 12.6. The van der Waals surface area contributed by atoms with Gasteiger partial charge in [0.2, 0.25) is 0 Å². The van der Waals surface area contributed by atoms with Crippen LogP contribution in [0.3, 0.4) is 0 Å². The lowest BCUT2D eigenvalue weighted by molar-refractivity contribution is -0.0436. The lowest BCUT2D eigenvalue weighted by Crippen LogP contribution is -2.39. The Balaban J connectivity index is 0.000000151. The van der Waals surface area contributed by atoms with Gasteiger partial charge in [-0.05, 0) is 194 Å². The second kappa shape index (κ2) is 40.8. The molecule has 31 heteroatoms. The number of benzene rings is 6. The smallest absolute Gasteiger partial charge is 0.395 e. The van der Waals surface area contributed by atoms with Crippen LogP contribution in [0.2, 0.25) is 20.1 Å². The van der Waals surface area contributed by atoms with Crippen LogP contribution in [0.4, 0.5) is 59.1 Å². The first kappa shape index (κ1) is 83.4. The molecular formula is C84H70Cl4F3N15O8S. The van der Waals surface area contributed by atoms with E-state index in [4.69, 9.17) is 56.2 Å². The minimum absolute atomic E-state index is 0.0130. The summed E-state index contributed by atoms with van der Waals surface area (Å²) in [6.45, 7) is 5.64. The lowest BCUT2D eigenvalue weighted by atomic mass is 10.1. The Kier molecular flexibility index (Phi) is 29.5. The molecule has 0 unspecified atom stereocenters. The zero-order valence-electron chi connectivity index (χ0n) is 60.7. The summed E-state index contributed by atoms with van der Waals surface area (Å²) in [5.41, 5.74) is 4.79. The van der Waals surface area contributed by atoms with Crippen LogP contribution in [0.5, 0.6) is 0 Å². The van der Waals surface area contributed by atoms with Crippen molar-refractivity contribution in [2.24, 2.45) is 0 Å². The van der Waals surface area contributed by atoms with Crippen LogP contribution in [0.25, 0.3) is 45.0 Å². The van der Waals surface area contributed by atoms with Crippen LogP contribution < -0.4 is 37.2 Å². The standard InChI is InChI=1S/C23H24ClN5O2.C23H17ClN4O.C19H12ClF3N2O3S.C19H17ClN4O2/c24-20-6-5-18(15-19(20)21-3-1-2-8-25-21)28-23(30)17-4-7-22(27-16-17)26-9-10-29-11-13-31-14-12-29;24-20-11-10-18(14-19(20)21-8-4-5-13-25-21)28-23(29)16-9-12-22(26-15-16)27-17-6-2-1-3-7-17;20-16-9-6-13(11-15(16)17-3-1-2-10-24-17)25-18(26)12-4-7-14(8-5-12)29(27,28)19(21,22)23;20-16-6-5-14(11-15(16)17-3-1-2-8-21-17)24-19(26)13-4-7-18(23-12-13)22-9-10-25/h1-8,15-16H,9-14H2,(H,26,27)(H,28,30);1-15H,(H,26,27)(H,28,29);1-11H,(H,25,26);1-8,11-12,25H,9-10H2,(H,22,23)(H,24,26). The van der Waals surface area contributed by atoms with Crippen molar-refractivity contribution in [3.63, 3.8) is 0 Å². The molecule has 0 radical (unpaired) electrons. The average Bonchev–Trinajstić information content (AvgIpc) is 0.793. The molecule has 7 aromatic heterocycles. The molecule has 0 aliphatic carbocycles. The van der Waals surface area contributed by atoms with Crippen LogP contribution in [-0.2, 0) is 14.6 Å². The van der Waals surface area contributed by atoms with Crippen LogP contribution >= 0.6 is 46.4 Å². The highest BCUT2D eigenvalue weighted by molar-refractivity contribution is 7.92. The van der Waals surface area contributed by atoms with Crippen LogP contribution in [0.1, 0.15) is 41.4 Å². The Morgan fingerprint density at radius 1 is 0.400 bits per heavy atom. The van der Waals surface area contributed by atoms with E-state index in [1.54, 1.807) is 146 Å². The number of anilines is 8. The van der Waals surface area contributed by atoms with E-state index < -0.39 is 26.1 Å². The molecule has 13 aromatic rings. The third kappa shape index (κ3) is 24.0. The minimum Gasteiger partial charge on any atom is -0.395 e. The van der Waals surface area contributed by atoms with Crippen molar-refractivity contribution in [2.45, 2.75) is 10.4 Å².